The molecule has 1 rings (SSSR count). The quantitative estimate of drug-likeness (QED) is 0.321. The van der Waals surface area contributed by atoms with Gasteiger partial charge >= 0.3 is 6.21 Å². The number of nitrogens with zero attached hydrogens (tertiary/aromatic N) is 3. The minimum absolute atomic E-state index is 0.0444. The lowest BCUT2D eigenvalue weighted by Gasteiger charge is -2.17. The summed E-state index contributed by atoms with van der Waals surface area (Å²) in [5, 5.41) is 0. The molecule has 1 aromatic rings. The van der Waals surface area contributed by atoms with Gasteiger partial charge in [-0.1, -0.05) is 30.3 Å². The molecule has 0 aliphatic carbocycles. The zero-order chi connectivity index (χ0) is 14.1. The molecule has 0 N–H and O–H groups in total. The molecule has 0 aliphatic rings. The van der Waals surface area contributed by atoms with E-state index in [1.54, 1.807) is 11.1 Å². The molecule has 98 valence electrons. The minimum Gasteiger partial charge on any atom is -0.365 e. The van der Waals surface area contributed by atoms with Gasteiger partial charge in [0.15, 0.2) is 5.78 Å². The number of rotatable bonds is 7. The molecule has 0 amide bonds. The fourth-order valence-electron chi connectivity index (χ4n) is 1.49. The van der Waals surface area contributed by atoms with Crippen LogP contribution in [-0.4, -0.2) is 34.0 Å². The molecule has 19 heavy (non-hydrogen) atoms. The summed E-state index contributed by atoms with van der Waals surface area (Å²) in [6.45, 7) is 1.98. The van der Waals surface area contributed by atoms with Gasteiger partial charge in [-0.15, -0.1) is 0 Å². The SMILES string of the molecule is CC(=O)/C=C/N(CC(=O)C=[N+]=[N-])Cc1ccccc1. The Morgan fingerprint density at radius 1 is 1.32 bits per heavy atom. The normalized spacial score (nSPS) is 9.95. The summed E-state index contributed by atoms with van der Waals surface area (Å²) in [5.41, 5.74) is 9.33. The fraction of sp³-hybridized carbons (Fsp3) is 0.214. The largest absolute Gasteiger partial charge is 0.365 e. The lowest BCUT2D eigenvalue weighted by Crippen LogP contribution is -2.25. The van der Waals surface area contributed by atoms with E-state index in [1.165, 1.54) is 13.0 Å². The first-order valence-electron chi connectivity index (χ1n) is 5.79. The summed E-state index contributed by atoms with van der Waals surface area (Å²) >= 11 is 0. The average molecular weight is 257 g/mol. The van der Waals surface area contributed by atoms with Gasteiger partial charge < -0.3 is 10.4 Å². The molecule has 0 bridgehead atoms. The molecule has 0 atom stereocenters. The highest BCUT2D eigenvalue weighted by molar-refractivity contribution is 6.26. The van der Waals surface area contributed by atoms with Crippen molar-refractivity contribution < 1.29 is 14.4 Å². The van der Waals surface area contributed by atoms with Crippen molar-refractivity contribution in [2.24, 2.45) is 0 Å². The molecule has 0 radical (unpaired) electrons. The minimum atomic E-state index is -0.341. The maximum Gasteiger partial charge on any atom is 0.325 e. The first-order valence-corrected chi connectivity index (χ1v) is 5.79. The molecular weight excluding hydrogens is 242 g/mol. The number of carbonyl (C=O) groups is 2. The molecule has 0 heterocycles. The van der Waals surface area contributed by atoms with Gasteiger partial charge in [-0.3, -0.25) is 9.59 Å². The second kappa shape index (κ2) is 7.74. The first-order chi connectivity index (χ1) is 9.11. The van der Waals surface area contributed by atoms with Gasteiger partial charge in [0.1, 0.15) is 0 Å². The van der Waals surface area contributed by atoms with Crippen molar-refractivity contribution in [1.82, 2.24) is 4.90 Å². The van der Waals surface area contributed by atoms with E-state index in [4.69, 9.17) is 5.53 Å². The molecular formula is C14H15N3O2. The van der Waals surface area contributed by atoms with E-state index in [0.717, 1.165) is 11.8 Å². The van der Waals surface area contributed by atoms with Gasteiger partial charge in [0.05, 0.1) is 6.54 Å². The molecule has 0 saturated carbocycles. The first kappa shape index (κ1) is 14.5. The van der Waals surface area contributed by atoms with Crippen LogP contribution in [0.4, 0.5) is 0 Å². The van der Waals surface area contributed by atoms with Crippen LogP contribution < -0.4 is 0 Å². The summed E-state index contributed by atoms with van der Waals surface area (Å²) in [5.74, 6) is -0.437. The number of benzene rings is 1. The molecule has 5 heteroatoms. The van der Waals surface area contributed by atoms with E-state index in [2.05, 4.69) is 4.79 Å². The number of hydrogen-bond acceptors (Lipinski definition) is 3. The Kier molecular flexibility index (Phi) is 5.92. The predicted molar refractivity (Wildman–Crippen MR) is 71.4 cm³/mol. The lowest BCUT2D eigenvalue weighted by atomic mass is 10.2. The molecule has 0 unspecified atom stereocenters. The number of carbonyl (C=O) groups excluding carboxylic acids is 2. The lowest BCUT2D eigenvalue weighted by molar-refractivity contribution is -0.117. The predicted octanol–water partition coefficient (Wildman–Crippen LogP) is 1.46. The standard InChI is InChI=1S/C14H15N3O2/c1-12(18)7-8-17(11-14(19)9-16-15)10-13-5-3-2-4-6-13/h2-9H,10-11H2,1H3/b8-7+. The van der Waals surface area contributed by atoms with E-state index < -0.39 is 0 Å². The second-order valence-electron chi connectivity index (χ2n) is 4.03. The van der Waals surface area contributed by atoms with Crippen molar-refractivity contribution in [3.63, 3.8) is 0 Å². The van der Waals surface area contributed by atoms with Crippen LogP contribution in [0.3, 0.4) is 0 Å². The summed E-state index contributed by atoms with van der Waals surface area (Å²) in [7, 11) is 0. The highest BCUT2D eigenvalue weighted by atomic mass is 16.1. The van der Waals surface area contributed by atoms with E-state index in [0.29, 0.717) is 6.54 Å². The van der Waals surface area contributed by atoms with E-state index in [1.807, 2.05) is 30.3 Å². The van der Waals surface area contributed by atoms with Crippen LogP contribution in [0.2, 0.25) is 0 Å². The Bertz CT molecular complexity index is 517. The van der Waals surface area contributed by atoms with Crippen LogP contribution in [0.15, 0.2) is 42.6 Å². The third kappa shape index (κ3) is 6.10. The number of Topliss-reactive ketones (excluding diaryl/α,β-unsaturated/α-hetero) is 1. The maximum atomic E-state index is 11.4. The smallest absolute Gasteiger partial charge is 0.325 e. The third-order valence-electron chi connectivity index (χ3n) is 2.31. The van der Waals surface area contributed by atoms with E-state index in [-0.39, 0.29) is 18.1 Å². The number of ketones is 2. The van der Waals surface area contributed by atoms with Crippen LogP contribution >= 0.6 is 0 Å². The van der Waals surface area contributed by atoms with E-state index >= 15 is 0 Å². The highest BCUT2D eigenvalue weighted by Crippen LogP contribution is 2.04. The fourth-order valence-corrected chi connectivity index (χ4v) is 1.49. The molecule has 5 nitrogen and oxygen atoms in total. The monoisotopic (exact) mass is 257 g/mol. The van der Waals surface area contributed by atoms with Crippen molar-refractivity contribution in [3.8, 4) is 0 Å². The Hall–Kier alpha value is -2.52. The van der Waals surface area contributed by atoms with Gasteiger partial charge in [-0.25, -0.2) is 0 Å². The number of allylic oxidation sites excluding steroid dienone is 1. The van der Waals surface area contributed by atoms with Crippen molar-refractivity contribution in [1.29, 1.82) is 0 Å². The highest BCUT2D eigenvalue weighted by Gasteiger charge is 2.09. The summed E-state index contributed by atoms with van der Waals surface area (Å²) < 4.78 is 0. The van der Waals surface area contributed by atoms with Gasteiger partial charge in [-0.2, -0.15) is 4.79 Å². The molecule has 0 aromatic heterocycles. The van der Waals surface area contributed by atoms with Crippen molar-refractivity contribution in [2.45, 2.75) is 13.5 Å². The van der Waals surface area contributed by atoms with Gasteiger partial charge in [-0.05, 0) is 18.6 Å². The number of hydrogen-bond donors (Lipinski definition) is 0. The summed E-state index contributed by atoms with van der Waals surface area (Å²) in [6, 6.07) is 9.57. The Balaban J connectivity index is 2.77. The Morgan fingerprint density at radius 3 is 2.58 bits per heavy atom. The van der Waals surface area contributed by atoms with Gasteiger partial charge in [0.2, 0.25) is 0 Å². The topological polar surface area (TPSA) is 73.8 Å². The van der Waals surface area contributed by atoms with Crippen molar-refractivity contribution in [3.05, 3.63) is 53.7 Å². The molecule has 0 aliphatic heterocycles. The second-order valence-corrected chi connectivity index (χ2v) is 4.03. The molecule has 0 spiro atoms. The van der Waals surface area contributed by atoms with Gasteiger partial charge in [0, 0.05) is 12.7 Å². The van der Waals surface area contributed by atoms with Crippen LogP contribution in [0, 0.1) is 0 Å². The molecule has 1 aromatic carbocycles. The van der Waals surface area contributed by atoms with Crippen LogP contribution in [0.5, 0.6) is 0 Å². The zero-order valence-corrected chi connectivity index (χ0v) is 10.7. The van der Waals surface area contributed by atoms with Crippen molar-refractivity contribution in [2.75, 3.05) is 6.54 Å². The zero-order valence-electron chi connectivity index (χ0n) is 10.7. The van der Waals surface area contributed by atoms with Crippen molar-refractivity contribution >= 4 is 17.8 Å². The maximum absolute atomic E-state index is 11.4. The molecule has 0 saturated heterocycles. The third-order valence-corrected chi connectivity index (χ3v) is 2.31. The summed E-state index contributed by atoms with van der Waals surface area (Å²) in [6.07, 6.45) is 3.81. The van der Waals surface area contributed by atoms with Crippen LogP contribution in [-0.2, 0) is 16.1 Å². The van der Waals surface area contributed by atoms with Crippen LogP contribution in [0.1, 0.15) is 12.5 Å². The Labute approximate surface area is 111 Å². The molecule has 0 fully saturated rings. The van der Waals surface area contributed by atoms with Crippen LogP contribution in [0.25, 0.3) is 5.53 Å². The van der Waals surface area contributed by atoms with Gasteiger partial charge in [0.25, 0.3) is 5.78 Å². The average Bonchev–Trinajstić information content (AvgIpc) is 2.37. The Morgan fingerprint density at radius 2 is 2.00 bits per heavy atom. The summed E-state index contributed by atoms with van der Waals surface area (Å²) in [4.78, 5) is 26.7. The van der Waals surface area contributed by atoms with E-state index in [9.17, 15) is 9.59 Å².